The fourth-order valence-electron chi connectivity index (χ4n) is 2.59. The number of piperidine rings is 1. The Bertz CT molecular complexity index is 664. The van der Waals surface area contributed by atoms with E-state index < -0.39 is 0 Å². The average Bonchev–Trinajstić information content (AvgIpc) is 2.57. The first-order valence-corrected chi connectivity index (χ1v) is 8.15. The summed E-state index contributed by atoms with van der Waals surface area (Å²) in [6, 6.07) is 10.4. The second-order valence-electron chi connectivity index (χ2n) is 5.91. The Kier molecular flexibility index (Phi) is 4.76. The van der Waals surface area contributed by atoms with Gasteiger partial charge in [-0.2, -0.15) is 0 Å². The summed E-state index contributed by atoms with van der Waals surface area (Å²) in [5.41, 5.74) is 0.533. The normalized spacial score (nSPS) is 15.5. The van der Waals surface area contributed by atoms with Gasteiger partial charge >= 0.3 is 0 Å². The number of aromatic nitrogens is 2. The number of nitrogens with zero attached hydrogens (tertiary/aromatic N) is 3. The molecule has 0 aliphatic carbocycles. The molecule has 0 radical (unpaired) electrons. The molecule has 3 rings (SSSR count). The van der Waals surface area contributed by atoms with Crippen molar-refractivity contribution in [2.24, 2.45) is 5.92 Å². The Balaban J connectivity index is 1.63. The maximum Gasteiger partial charge on any atom is 0.256 e. The number of hydrogen-bond donors (Lipinski definition) is 1. The summed E-state index contributed by atoms with van der Waals surface area (Å²) in [5, 5.41) is 11.7. The summed E-state index contributed by atoms with van der Waals surface area (Å²) in [7, 11) is 0. The number of halogens is 1. The molecule has 6 heteroatoms. The summed E-state index contributed by atoms with van der Waals surface area (Å²) < 4.78 is 0. The molecule has 0 saturated carbocycles. The molecule has 0 unspecified atom stereocenters. The van der Waals surface area contributed by atoms with E-state index in [0.717, 1.165) is 24.8 Å². The maximum atomic E-state index is 12.1. The number of carbonyl (C=O) groups excluding carboxylic acids is 1. The number of anilines is 2. The molecule has 2 heterocycles. The number of hydrogen-bond acceptors (Lipinski definition) is 4. The second-order valence-corrected chi connectivity index (χ2v) is 6.34. The van der Waals surface area contributed by atoms with Crippen molar-refractivity contribution in [3.63, 3.8) is 0 Å². The number of amides is 1. The Morgan fingerprint density at radius 1 is 1.13 bits per heavy atom. The first-order valence-electron chi connectivity index (χ1n) is 7.77. The van der Waals surface area contributed by atoms with E-state index in [9.17, 15) is 4.79 Å². The molecule has 1 amide bonds. The summed E-state index contributed by atoms with van der Waals surface area (Å²) in [6.45, 7) is 4.29. The molecule has 1 aromatic carbocycles. The average molecular weight is 331 g/mol. The van der Waals surface area contributed by atoms with E-state index in [4.69, 9.17) is 11.6 Å². The van der Waals surface area contributed by atoms with E-state index in [2.05, 4.69) is 27.3 Å². The van der Waals surface area contributed by atoms with Crippen LogP contribution in [0, 0.1) is 5.92 Å². The van der Waals surface area contributed by atoms with Crippen LogP contribution in [0.1, 0.15) is 30.1 Å². The largest absolute Gasteiger partial charge is 0.355 e. The molecule has 1 fully saturated rings. The van der Waals surface area contributed by atoms with Gasteiger partial charge in [0.25, 0.3) is 5.91 Å². The van der Waals surface area contributed by atoms with E-state index in [0.29, 0.717) is 16.4 Å². The van der Waals surface area contributed by atoms with Crippen LogP contribution in [0.3, 0.4) is 0 Å². The lowest BCUT2D eigenvalue weighted by molar-refractivity contribution is 0.102. The third-order valence-corrected chi connectivity index (χ3v) is 4.36. The number of nitrogens with one attached hydrogen (secondary N) is 1. The van der Waals surface area contributed by atoms with Gasteiger partial charge in [-0.25, -0.2) is 0 Å². The minimum absolute atomic E-state index is 0.226. The third kappa shape index (κ3) is 3.99. The van der Waals surface area contributed by atoms with Crippen LogP contribution >= 0.6 is 11.6 Å². The summed E-state index contributed by atoms with van der Waals surface area (Å²) >= 11 is 5.82. The van der Waals surface area contributed by atoms with Crippen molar-refractivity contribution in [2.45, 2.75) is 19.8 Å². The second kappa shape index (κ2) is 6.96. The molecule has 23 heavy (non-hydrogen) atoms. The van der Waals surface area contributed by atoms with Crippen LogP contribution < -0.4 is 10.2 Å². The van der Waals surface area contributed by atoms with Gasteiger partial charge in [0.15, 0.2) is 11.6 Å². The van der Waals surface area contributed by atoms with Crippen LogP contribution in [0.5, 0.6) is 0 Å². The summed E-state index contributed by atoms with van der Waals surface area (Å²) in [6.07, 6.45) is 2.35. The van der Waals surface area contributed by atoms with Crippen LogP contribution in [0.15, 0.2) is 36.4 Å². The molecule has 1 aliphatic heterocycles. The summed E-state index contributed by atoms with van der Waals surface area (Å²) in [5.74, 6) is 1.85. The van der Waals surface area contributed by atoms with Crippen molar-refractivity contribution < 1.29 is 4.79 Å². The molecular weight excluding hydrogens is 312 g/mol. The van der Waals surface area contributed by atoms with Crippen molar-refractivity contribution in [3.8, 4) is 0 Å². The molecule has 2 aromatic rings. The maximum absolute atomic E-state index is 12.1. The minimum Gasteiger partial charge on any atom is -0.355 e. The Morgan fingerprint density at radius 2 is 1.83 bits per heavy atom. The highest BCUT2D eigenvalue weighted by molar-refractivity contribution is 6.30. The van der Waals surface area contributed by atoms with Crippen LogP contribution in [-0.2, 0) is 0 Å². The fraction of sp³-hybridized carbons (Fsp3) is 0.353. The topological polar surface area (TPSA) is 58.1 Å². The predicted octanol–water partition coefficient (Wildman–Crippen LogP) is 3.62. The molecule has 0 atom stereocenters. The lowest BCUT2D eigenvalue weighted by Crippen LogP contribution is -2.33. The highest BCUT2D eigenvalue weighted by Gasteiger charge is 2.17. The zero-order chi connectivity index (χ0) is 16.2. The molecule has 0 bridgehead atoms. The third-order valence-electron chi connectivity index (χ3n) is 4.11. The Labute approximate surface area is 140 Å². The molecular formula is C17H19ClN4O. The SMILES string of the molecule is CC1CCN(c2ccc(NC(=O)c3ccc(Cl)cc3)nn2)CC1. The van der Waals surface area contributed by atoms with Crippen molar-refractivity contribution >= 4 is 29.1 Å². The van der Waals surface area contributed by atoms with Crippen molar-refractivity contribution in [2.75, 3.05) is 23.3 Å². The van der Waals surface area contributed by atoms with Gasteiger partial charge in [-0.05, 0) is 55.2 Å². The van der Waals surface area contributed by atoms with Gasteiger partial charge < -0.3 is 10.2 Å². The van der Waals surface area contributed by atoms with Gasteiger partial charge in [0.05, 0.1) is 0 Å². The van der Waals surface area contributed by atoms with Crippen LogP contribution in [-0.4, -0.2) is 29.2 Å². The highest BCUT2D eigenvalue weighted by atomic mass is 35.5. The van der Waals surface area contributed by atoms with Gasteiger partial charge in [-0.3, -0.25) is 4.79 Å². The first-order chi connectivity index (χ1) is 11.1. The van der Waals surface area contributed by atoms with Gasteiger partial charge in [-0.1, -0.05) is 18.5 Å². The van der Waals surface area contributed by atoms with Crippen molar-refractivity contribution in [1.82, 2.24) is 10.2 Å². The fourth-order valence-corrected chi connectivity index (χ4v) is 2.71. The minimum atomic E-state index is -0.226. The van der Waals surface area contributed by atoms with Crippen LogP contribution in [0.25, 0.3) is 0 Å². The monoisotopic (exact) mass is 330 g/mol. The smallest absolute Gasteiger partial charge is 0.256 e. The highest BCUT2D eigenvalue weighted by Crippen LogP contribution is 2.21. The quantitative estimate of drug-likeness (QED) is 0.933. The molecule has 120 valence electrons. The van der Waals surface area contributed by atoms with E-state index >= 15 is 0 Å². The Morgan fingerprint density at radius 3 is 2.43 bits per heavy atom. The summed E-state index contributed by atoms with van der Waals surface area (Å²) in [4.78, 5) is 14.3. The van der Waals surface area contributed by atoms with E-state index in [-0.39, 0.29) is 5.91 Å². The lowest BCUT2D eigenvalue weighted by Gasteiger charge is -2.30. The van der Waals surface area contributed by atoms with E-state index in [1.165, 1.54) is 12.8 Å². The number of rotatable bonds is 3. The van der Waals surface area contributed by atoms with Crippen molar-refractivity contribution in [1.29, 1.82) is 0 Å². The molecule has 0 spiro atoms. The van der Waals surface area contributed by atoms with Gasteiger partial charge in [0, 0.05) is 23.7 Å². The number of benzene rings is 1. The van der Waals surface area contributed by atoms with Crippen molar-refractivity contribution in [3.05, 3.63) is 47.0 Å². The van der Waals surface area contributed by atoms with Gasteiger partial charge in [-0.15, -0.1) is 10.2 Å². The molecule has 1 saturated heterocycles. The molecule has 5 nitrogen and oxygen atoms in total. The zero-order valence-electron chi connectivity index (χ0n) is 13.0. The lowest BCUT2D eigenvalue weighted by atomic mass is 9.99. The molecule has 1 N–H and O–H groups in total. The van der Waals surface area contributed by atoms with E-state index in [1.807, 2.05) is 6.07 Å². The number of carbonyl (C=O) groups is 1. The van der Waals surface area contributed by atoms with Crippen LogP contribution in [0.4, 0.5) is 11.6 Å². The van der Waals surface area contributed by atoms with Gasteiger partial charge in [0.2, 0.25) is 0 Å². The van der Waals surface area contributed by atoms with Gasteiger partial charge in [0.1, 0.15) is 0 Å². The zero-order valence-corrected chi connectivity index (χ0v) is 13.8. The van der Waals surface area contributed by atoms with Crippen LogP contribution in [0.2, 0.25) is 5.02 Å². The first kappa shape index (κ1) is 15.7. The predicted molar refractivity (Wildman–Crippen MR) is 92.0 cm³/mol. The molecule has 1 aliphatic rings. The van der Waals surface area contributed by atoms with E-state index in [1.54, 1.807) is 30.3 Å². The molecule has 1 aromatic heterocycles. The Hall–Kier alpha value is -2.14. The standard InChI is InChI=1S/C17H19ClN4O/c1-12-8-10-22(11-9-12)16-7-6-15(20-21-16)19-17(23)13-2-4-14(18)5-3-13/h2-7,12H,8-11H2,1H3,(H,19,20,23).